The number of benzene rings is 1. The van der Waals surface area contributed by atoms with Crippen molar-refractivity contribution in [1.82, 2.24) is 10.6 Å². The standard InChI is InChI=1S/C15H22FN3O2/c1-3-17-15(19-11-9-14(20)21-2)18-10-8-12-4-6-13(16)7-5-12/h4-7H,3,8-11H2,1-2H3,(H2,17,18,19). The van der Waals surface area contributed by atoms with E-state index >= 15 is 0 Å². The fraction of sp³-hybridized carbons (Fsp3) is 0.467. The number of methoxy groups -OCH3 is 1. The lowest BCUT2D eigenvalue weighted by Gasteiger charge is -2.11. The van der Waals surface area contributed by atoms with Crippen molar-refractivity contribution in [3.05, 3.63) is 35.6 Å². The number of esters is 1. The Labute approximate surface area is 124 Å². The molecule has 0 heterocycles. The van der Waals surface area contributed by atoms with Crippen LogP contribution < -0.4 is 10.6 Å². The first kappa shape index (κ1) is 16.9. The quantitative estimate of drug-likeness (QED) is 0.454. The van der Waals surface area contributed by atoms with E-state index in [-0.39, 0.29) is 18.2 Å². The van der Waals surface area contributed by atoms with Crippen LogP contribution in [0.1, 0.15) is 18.9 Å². The molecule has 0 saturated carbocycles. The molecule has 1 aromatic carbocycles. The topological polar surface area (TPSA) is 62.7 Å². The molecule has 0 aromatic heterocycles. The first-order valence-electron chi connectivity index (χ1n) is 6.99. The fourth-order valence-corrected chi connectivity index (χ4v) is 1.68. The minimum atomic E-state index is -0.277. The average molecular weight is 295 g/mol. The van der Waals surface area contributed by atoms with Crippen molar-refractivity contribution in [2.75, 3.05) is 26.7 Å². The van der Waals surface area contributed by atoms with Gasteiger partial charge in [0.25, 0.3) is 0 Å². The van der Waals surface area contributed by atoms with Crippen LogP contribution >= 0.6 is 0 Å². The molecule has 0 aliphatic rings. The molecular weight excluding hydrogens is 273 g/mol. The first-order chi connectivity index (χ1) is 10.2. The zero-order chi connectivity index (χ0) is 15.5. The van der Waals surface area contributed by atoms with Crippen LogP contribution in [-0.4, -0.2) is 38.7 Å². The Bertz CT molecular complexity index is 460. The molecule has 0 unspecified atom stereocenters. The summed E-state index contributed by atoms with van der Waals surface area (Å²) < 4.78 is 17.3. The normalized spacial score (nSPS) is 11.1. The highest BCUT2D eigenvalue weighted by Gasteiger charge is 2.01. The molecule has 0 saturated heterocycles. The summed E-state index contributed by atoms with van der Waals surface area (Å²) in [5.41, 5.74) is 1.05. The molecule has 0 fully saturated rings. The minimum absolute atomic E-state index is 0.232. The van der Waals surface area contributed by atoms with E-state index in [4.69, 9.17) is 0 Å². The number of halogens is 1. The van der Waals surface area contributed by atoms with Gasteiger partial charge < -0.3 is 15.4 Å². The summed E-state index contributed by atoms with van der Waals surface area (Å²) in [6.45, 7) is 3.76. The van der Waals surface area contributed by atoms with Gasteiger partial charge in [-0.25, -0.2) is 4.39 Å². The van der Waals surface area contributed by atoms with Crippen LogP contribution in [0.3, 0.4) is 0 Å². The van der Waals surface area contributed by atoms with Crippen molar-refractivity contribution < 1.29 is 13.9 Å². The van der Waals surface area contributed by atoms with E-state index in [1.165, 1.54) is 19.2 Å². The SMILES string of the molecule is CCNC(=NCCC(=O)OC)NCCc1ccc(F)cc1. The van der Waals surface area contributed by atoms with Crippen molar-refractivity contribution in [1.29, 1.82) is 0 Å². The molecule has 0 aliphatic carbocycles. The summed E-state index contributed by atoms with van der Waals surface area (Å²) in [6.07, 6.45) is 1.02. The number of hydrogen-bond acceptors (Lipinski definition) is 3. The zero-order valence-corrected chi connectivity index (χ0v) is 12.5. The Kier molecular flexibility index (Phi) is 7.86. The lowest BCUT2D eigenvalue weighted by Crippen LogP contribution is -2.38. The maximum Gasteiger partial charge on any atom is 0.307 e. The molecule has 0 atom stereocenters. The summed E-state index contributed by atoms with van der Waals surface area (Å²) in [6, 6.07) is 6.42. The maximum atomic E-state index is 12.8. The highest BCUT2D eigenvalue weighted by atomic mass is 19.1. The summed E-state index contributed by atoms with van der Waals surface area (Å²) in [7, 11) is 1.36. The Morgan fingerprint density at radius 3 is 2.62 bits per heavy atom. The second kappa shape index (κ2) is 9.74. The van der Waals surface area contributed by atoms with Gasteiger partial charge in [-0.3, -0.25) is 9.79 Å². The maximum absolute atomic E-state index is 12.8. The number of ether oxygens (including phenoxy) is 1. The number of carbonyl (C=O) groups is 1. The highest BCUT2D eigenvalue weighted by Crippen LogP contribution is 2.02. The van der Waals surface area contributed by atoms with Gasteiger partial charge in [-0.1, -0.05) is 12.1 Å². The third-order valence-corrected chi connectivity index (χ3v) is 2.78. The first-order valence-corrected chi connectivity index (χ1v) is 6.99. The van der Waals surface area contributed by atoms with Gasteiger partial charge in [-0.05, 0) is 31.0 Å². The van der Waals surface area contributed by atoms with Crippen molar-refractivity contribution in [2.24, 2.45) is 4.99 Å². The molecule has 116 valence electrons. The van der Waals surface area contributed by atoms with Crippen LogP contribution in [0.25, 0.3) is 0 Å². The van der Waals surface area contributed by atoms with E-state index < -0.39 is 0 Å². The Balaban J connectivity index is 2.37. The van der Waals surface area contributed by atoms with Crippen LogP contribution in [0.15, 0.2) is 29.3 Å². The molecule has 5 nitrogen and oxygen atoms in total. The van der Waals surface area contributed by atoms with Gasteiger partial charge in [0.2, 0.25) is 0 Å². The van der Waals surface area contributed by atoms with Gasteiger partial charge in [0, 0.05) is 13.1 Å². The van der Waals surface area contributed by atoms with Crippen molar-refractivity contribution >= 4 is 11.9 Å². The minimum Gasteiger partial charge on any atom is -0.469 e. The Morgan fingerprint density at radius 1 is 1.29 bits per heavy atom. The largest absolute Gasteiger partial charge is 0.469 e. The fourth-order valence-electron chi connectivity index (χ4n) is 1.68. The molecular formula is C15H22FN3O2. The van der Waals surface area contributed by atoms with Crippen LogP contribution in [-0.2, 0) is 16.0 Å². The van der Waals surface area contributed by atoms with Gasteiger partial charge in [-0.15, -0.1) is 0 Å². The number of nitrogens with zero attached hydrogens (tertiary/aromatic N) is 1. The summed E-state index contributed by atoms with van der Waals surface area (Å²) in [5.74, 6) is 0.147. The zero-order valence-electron chi connectivity index (χ0n) is 12.5. The van der Waals surface area contributed by atoms with Crippen LogP contribution in [0.2, 0.25) is 0 Å². The van der Waals surface area contributed by atoms with Gasteiger partial charge in [0.1, 0.15) is 5.82 Å². The van der Waals surface area contributed by atoms with Gasteiger partial charge in [0.05, 0.1) is 20.1 Å². The average Bonchev–Trinajstić information content (AvgIpc) is 2.49. The van der Waals surface area contributed by atoms with Crippen molar-refractivity contribution in [2.45, 2.75) is 19.8 Å². The Hall–Kier alpha value is -2.11. The third kappa shape index (κ3) is 7.29. The monoisotopic (exact) mass is 295 g/mol. The third-order valence-electron chi connectivity index (χ3n) is 2.78. The van der Waals surface area contributed by atoms with Crippen molar-refractivity contribution in [3.63, 3.8) is 0 Å². The summed E-state index contributed by atoms with van der Waals surface area (Å²) >= 11 is 0. The number of guanidine groups is 1. The number of rotatable bonds is 7. The number of carbonyl (C=O) groups excluding carboxylic acids is 1. The number of aliphatic imine (C=N–C) groups is 1. The van der Waals surface area contributed by atoms with E-state index in [9.17, 15) is 9.18 Å². The Morgan fingerprint density at radius 2 is 2.00 bits per heavy atom. The van der Waals surface area contributed by atoms with E-state index in [0.29, 0.717) is 19.0 Å². The van der Waals surface area contributed by atoms with E-state index in [2.05, 4.69) is 20.4 Å². The molecule has 1 rings (SSSR count). The predicted molar refractivity (Wildman–Crippen MR) is 80.7 cm³/mol. The lowest BCUT2D eigenvalue weighted by molar-refractivity contribution is -0.140. The van der Waals surface area contributed by atoms with Gasteiger partial charge in [0.15, 0.2) is 5.96 Å². The molecule has 0 spiro atoms. The van der Waals surface area contributed by atoms with Crippen molar-refractivity contribution in [3.8, 4) is 0 Å². The molecule has 2 N–H and O–H groups in total. The lowest BCUT2D eigenvalue weighted by atomic mass is 10.1. The molecule has 21 heavy (non-hydrogen) atoms. The van der Waals surface area contributed by atoms with E-state index in [0.717, 1.165) is 18.5 Å². The second-order valence-electron chi connectivity index (χ2n) is 4.39. The van der Waals surface area contributed by atoms with Gasteiger partial charge >= 0.3 is 5.97 Å². The summed E-state index contributed by atoms with van der Waals surface area (Å²) in [5, 5.41) is 6.27. The predicted octanol–water partition coefficient (Wildman–Crippen LogP) is 1.49. The second-order valence-corrected chi connectivity index (χ2v) is 4.39. The van der Waals surface area contributed by atoms with Gasteiger partial charge in [-0.2, -0.15) is 0 Å². The summed E-state index contributed by atoms with van der Waals surface area (Å²) in [4.78, 5) is 15.3. The highest BCUT2D eigenvalue weighted by molar-refractivity contribution is 5.80. The molecule has 0 radical (unpaired) electrons. The number of nitrogens with one attached hydrogen (secondary N) is 2. The number of hydrogen-bond donors (Lipinski definition) is 2. The smallest absolute Gasteiger partial charge is 0.307 e. The van der Waals surface area contributed by atoms with E-state index in [1.807, 2.05) is 6.92 Å². The molecule has 1 aromatic rings. The molecule has 0 bridgehead atoms. The molecule has 0 amide bonds. The van der Waals surface area contributed by atoms with E-state index in [1.54, 1.807) is 12.1 Å². The van der Waals surface area contributed by atoms with Crippen LogP contribution in [0.4, 0.5) is 4.39 Å². The molecule has 6 heteroatoms. The molecule has 0 aliphatic heterocycles. The van der Waals surface area contributed by atoms with Crippen LogP contribution in [0, 0.1) is 5.82 Å². The van der Waals surface area contributed by atoms with Crippen LogP contribution in [0.5, 0.6) is 0 Å².